The molecular formula is C10H19NO2. The van der Waals surface area contributed by atoms with Gasteiger partial charge in [-0.2, -0.15) is 0 Å². The van der Waals surface area contributed by atoms with E-state index < -0.39 is 12.0 Å². The van der Waals surface area contributed by atoms with Gasteiger partial charge >= 0.3 is 5.97 Å². The maximum absolute atomic E-state index is 10.4. The second kappa shape index (κ2) is 5.22. The number of nitrogens with two attached hydrogens (primary N) is 1. The van der Waals surface area contributed by atoms with E-state index in [0.29, 0.717) is 6.42 Å². The van der Waals surface area contributed by atoms with Gasteiger partial charge in [-0.05, 0) is 12.3 Å². The van der Waals surface area contributed by atoms with Crippen molar-refractivity contribution in [2.45, 2.75) is 51.0 Å². The summed E-state index contributed by atoms with van der Waals surface area (Å²) in [5, 5.41) is 8.55. The van der Waals surface area contributed by atoms with Gasteiger partial charge in [0.25, 0.3) is 0 Å². The number of aliphatic carboxylic acids is 1. The molecule has 1 aliphatic rings. The molecule has 1 fully saturated rings. The van der Waals surface area contributed by atoms with Crippen LogP contribution in [0.5, 0.6) is 0 Å². The third kappa shape index (κ3) is 3.77. The second-order valence-electron chi connectivity index (χ2n) is 4.03. The SMILES string of the molecule is N[C@@H](CCCC1CCCC1)C(=O)O. The van der Waals surface area contributed by atoms with E-state index in [2.05, 4.69) is 0 Å². The first kappa shape index (κ1) is 10.5. The minimum absolute atomic E-state index is 0.631. The largest absolute Gasteiger partial charge is 0.480 e. The average Bonchev–Trinajstić information content (AvgIpc) is 2.56. The molecule has 0 aromatic carbocycles. The summed E-state index contributed by atoms with van der Waals surface area (Å²) in [6.07, 6.45) is 8.15. The highest BCUT2D eigenvalue weighted by Gasteiger charge is 2.16. The zero-order chi connectivity index (χ0) is 9.68. The number of hydrogen-bond acceptors (Lipinski definition) is 2. The average molecular weight is 185 g/mol. The van der Waals surface area contributed by atoms with E-state index >= 15 is 0 Å². The van der Waals surface area contributed by atoms with E-state index in [1.54, 1.807) is 0 Å². The lowest BCUT2D eigenvalue weighted by atomic mass is 9.99. The van der Waals surface area contributed by atoms with E-state index in [0.717, 1.165) is 12.3 Å². The number of carbonyl (C=O) groups is 1. The Hall–Kier alpha value is -0.570. The zero-order valence-corrected chi connectivity index (χ0v) is 8.04. The molecule has 0 spiro atoms. The molecule has 3 nitrogen and oxygen atoms in total. The van der Waals surface area contributed by atoms with Crippen LogP contribution in [0.4, 0.5) is 0 Å². The molecule has 1 saturated carbocycles. The molecule has 1 atom stereocenters. The summed E-state index contributed by atoms with van der Waals surface area (Å²) < 4.78 is 0. The van der Waals surface area contributed by atoms with Crippen molar-refractivity contribution in [3.8, 4) is 0 Å². The lowest BCUT2D eigenvalue weighted by Gasteiger charge is -2.09. The third-order valence-corrected chi connectivity index (χ3v) is 2.92. The van der Waals surface area contributed by atoms with Crippen LogP contribution in [0.2, 0.25) is 0 Å². The highest BCUT2D eigenvalue weighted by molar-refractivity contribution is 5.72. The minimum atomic E-state index is -0.869. The van der Waals surface area contributed by atoms with Crippen molar-refractivity contribution in [2.24, 2.45) is 11.7 Å². The molecule has 3 heteroatoms. The minimum Gasteiger partial charge on any atom is -0.480 e. The van der Waals surface area contributed by atoms with Crippen LogP contribution in [0.15, 0.2) is 0 Å². The molecule has 0 aromatic heterocycles. The normalized spacial score (nSPS) is 20.4. The highest BCUT2D eigenvalue weighted by Crippen LogP contribution is 2.28. The Balaban J connectivity index is 2.02. The molecule has 0 bridgehead atoms. The predicted molar refractivity (Wildman–Crippen MR) is 51.4 cm³/mol. The van der Waals surface area contributed by atoms with Gasteiger partial charge in [-0.1, -0.05) is 38.5 Å². The molecule has 0 radical (unpaired) electrons. The molecule has 0 aromatic rings. The summed E-state index contributed by atoms with van der Waals surface area (Å²) in [5.74, 6) is -0.0209. The predicted octanol–water partition coefficient (Wildman–Crippen LogP) is 1.76. The van der Waals surface area contributed by atoms with Crippen LogP contribution in [0.25, 0.3) is 0 Å². The molecule has 13 heavy (non-hydrogen) atoms. The van der Waals surface area contributed by atoms with Gasteiger partial charge in [-0.3, -0.25) is 4.79 Å². The summed E-state index contributed by atoms with van der Waals surface area (Å²) in [5.41, 5.74) is 5.40. The summed E-state index contributed by atoms with van der Waals surface area (Å²) in [7, 11) is 0. The lowest BCUT2D eigenvalue weighted by Crippen LogP contribution is -2.29. The van der Waals surface area contributed by atoms with E-state index in [4.69, 9.17) is 10.8 Å². The van der Waals surface area contributed by atoms with Gasteiger partial charge in [-0.25, -0.2) is 0 Å². The third-order valence-electron chi connectivity index (χ3n) is 2.92. The van der Waals surface area contributed by atoms with Crippen LogP contribution in [0, 0.1) is 5.92 Å². The molecule has 1 aliphatic carbocycles. The smallest absolute Gasteiger partial charge is 0.320 e. The van der Waals surface area contributed by atoms with Gasteiger partial charge in [0.15, 0.2) is 0 Å². The fraction of sp³-hybridized carbons (Fsp3) is 0.900. The summed E-state index contributed by atoms with van der Waals surface area (Å²) in [4.78, 5) is 10.4. The summed E-state index contributed by atoms with van der Waals surface area (Å²) in [6.45, 7) is 0. The van der Waals surface area contributed by atoms with Gasteiger partial charge in [0, 0.05) is 0 Å². The first-order valence-electron chi connectivity index (χ1n) is 5.18. The fourth-order valence-corrected chi connectivity index (χ4v) is 2.05. The number of carboxylic acids is 1. The summed E-state index contributed by atoms with van der Waals surface area (Å²) in [6, 6.07) is -0.651. The van der Waals surface area contributed by atoms with Crippen molar-refractivity contribution in [2.75, 3.05) is 0 Å². The second-order valence-corrected chi connectivity index (χ2v) is 4.03. The standard InChI is InChI=1S/C10H19NO2/c11-9(10(12)13)7-3-6-8-4-1-2-5-8/h8-9H,1-7,11H2,(H,12,13)/t9-/m0/s1. The van der Waals surface area contributed by atoms with Crippen molar-refractivity contribution in [3.63, 3.8) is 0 Å². The fourth-order valence-electron chi connectivity index (χ4n) is 2.05. The van der Waals surface area contributed by atoms with Crippen molar-refractivity contribution in [3.05, 3.63) is 0 Å². The number of rotatable bonds is 5. The van der Waals surface area contributed by atoms with Crippen LogP contribution in [0.1, 0.15) is 44.9 Å². The lowest BCUT2D eigenvalue weighted by molar-refractivity contribution is -0.138. The van der Waals surface area contributed by atoms with Gasteiger partial charge < -0.3 is 10.8 Å². The Bertz CT molecular complexity index is 164. The van der Waals surface area contributed by atoms with E-state index in [9.17, 15) is 4.79 Å². The van der Waals surface area contributed by atoms with Crippen LogP contribution in [-0.4, -0.2) is 17.1 Å². The Labute approximate surface area is 79.3 Å². The van der Waals surface area contributed by atoms with Crippen molar-refractivity contribution < 1.29 is 9.90 Å². The molecular weight excluding hydrogens is 166 g/mol. The van der Waals surface area contributed by atoms with E-state index in [1.807, 2.05) is 0 Å². The highest BCUT2D eigenvalue weighted by atomic mass is 16.4. The first-order chi connectivity index (χ1) is 6.20. The molecule has 3 N–H and O–H groups in total. The van der Waals surface area contributed by atoms with Gasteiger partial charge in [0.2, 0.25) is 0 Å². The van der Waals surface area contributed by atoms with Gasteiger partial charge in [0.1, 0.15) is 6.04 Å². The van der Waals surface area contributed by atoms with E-state index in [1.165, 1.54) is 32.1 Å². The van der Waals surface area contributed by atoms with Crippen LogP contribution < -0.4 is 5.73 Å². The van der Waals surface area contributed by atoms with Crippen LogP contribution >= 0.6 is 0 Å². The van der Waals surface area contributed by atoms with E-state index in [-0.39, 0.29) is 0 Å². The van der Waals surface area contributed by atoms with Crippen LogP contribution in [0.3, 0.4) is 0 Å². The van der Waals surface area contributed by atoms with Gasteiger partial charge in [-0.15, -0.1) is 0 Å². The molecule has 0 heterocycles. The molecule has 76 valence electrons. The quantitative estimate of drug-likeness (QED) is 0.686. The summed E-state index contributed by atoms with van der Waals surface area (Å²) >= 11 is 0. The topological polar surface area (TPSA) is 63.3 Å². The molecule has 0 aliphatic heterocycles. The Morgan fingerprint density at radius 1 is 1.46 bits per heavy atom. The monoisotopic (exact) mass is 185 g/mol. The maximum atomic E-state index is 10.4. The number of hydrogen-bond donors (Lipinski definition) is 2. The Morgan fingerprint density at radius 3 is 2.62 bits per heavy atom. The number of carboxylic acid groups (broad SMARTS) is 1. The maximum Gasteiger partial charge on any atom is 0.320 e. The van der Waals surface area contributed by atoms with Crippen molar-refractivity contribution in [1.29, 1.82) is 0 Å². The van der Waals surface area contributed by atoms with Gasteiger partial charge in [0.05, 0.1) is 0 Å². The van der Waals surface area contributed by atoms with Crippen molar-refractivity contribution >= 4 is 5.97 Å². The molecule has 0 unspecified atom stereocenters. The zero-order valence-electron chi connectivity index (χ0n) is 8.04. The first-order valence-corrected chi connectivity index (χ1v) is 5.18. The molecule has 0 saturated heterocycles. The van der Waals surface area contributed by atoms with Crippen LogP contribution in [-0.2, 0) is 4.79 Å². The van der Waals surface area contributed by atoms with Crippen molar-refractivity contribution in [1.82, 2.24) is 0 Å². The molecule has 1 rings (SSSR count). The molecule has 0 amide bonds. The Morgan fingerprint density at radius 2 is 2.08 bits per heavy atom. The Kier molecular flexibility index (Phi) is 4.22.